The number of nitrogens with zero attached hydrogens (tertiary/aromatic N) is 2. The molecule has 1 atom stereocenters. The number of aromatic nitrogens is 1. The lowest BCUT2D eigenvalue weighted by Gasteiger charge is -2.28. The molecule has 0 spiro atoms. The Morgan fingerprint density at radius 3 is 2.46 bits per heavy atom. The van der Waals surface area contributed by atoms with Gasteiger partial charge < -0.3 is 10.2 Å². The summed E-state index contributed by atoms with van der Waals surface area (Å²) in [7, 11) is 1.64. The highest BCUT2D eigenvalue weighted by atomic mass is 32.1. The van der Waals surface area contributed by atoms with Crippen LogP contribution >= 0.6 is 11.3 Å². The Morgan fingerprint density at radius 1 is 1.19 bits per heavy atom. The fourth-order valence-corrected chi connectivity index (χ4v) is 3.20. The topological polar surface area (TPSA) is 62.3 Å². The quantitative estimate of drug-likeness (QED) is 0.845. The number of amides is 2. The van der Waals surface area contributed by atoms with Gasteiger partial charge in [0.05, 0.1) is 5.01 Å². The lowest BCUT2D eigenvalue weighted by molar-refractivity contribution is -0.126. The third kappa shape index (κ3) is 5.66. The zero-order valence-corrected chi connectivity index (χ0v) is 16.9. The van der Waals surface area contributed by atoms with Gasteiger partial charge in [-0.25, -0.2) is 4.98 Å². The zero-order valence-electron chi connectivity index (χ0n) is 16.1. The molecule has 0 saturated heterocycles. The molecule has 1 heterocycles. The summed E-state index contributed by atoms with van der Waals surface area (Å²) in [5, 5.41) is 5.60. The highest BCUT2D eigenvalue weighted by molar-refractivity contribution is 7.09. The predicted octanol–water partition coefficient (Wildman–Crippen LogP) is 3.30. The molecule has 0 fully saturated rings. The van der Waals surface area contributed by atoms with Crippen molar-refractivity contribution in [1.82, 2.24) is 15.2 Å². The van der Waals surface area contributed by atoms with Crippen molar-refractivity contribution in [2.24, 2.45) is 0 Å². The van der Waals surface area contributed by atoms with E-state index in [2.05, 4.69) is 22.4 Å². The van der Waals surface area contributed by atoms with E-state index < -0.39 is 6.04 Å². The molecule has 1 unspecified atom stereocenters. The van der Waals surface area contributed by atoms with Gasteiger partial charge in [-0.2, -0.15) is 0 Å². The summed E-state index contributed by atoms with van der Waals surface area (Å²) in [5.41, 5.74) is 1.32. The smallest absolute Gasteiger partial charge is 0.273 e. The monoisotopic (exact) mass is 373 g/mol. The van der Waals surface area contributed by atoms with Gasteiger partial charge in [0.25, 0.3) is 5.91 Å². The molecule has 0 aliphatic rings. The van der Waals surface area contributed by atoms with Crippen LogP contribution in [0.15, 0.2) is 35.7 Å². The SMILES string of the molecule is CC(C(=O)NC(C)(C)C)N(C)C(=O)c1csc(CCc2ccccc2)n1. The van der Waals surface area contributed by atoms with E-state index in [0.29, 0.717) is 5.69 Å². The minimum absolute atomic E-state index is 0.173. The van der Waals surface area contributed by atoms with Crippen LogP contribution in [0.5, 0.6) is 0 Å². The van der Waals surface area contributed by atoms with E-state index in [1.54, 1.807) is 19.4 Å². The van der Waals surface area contributed by atoms with Gasteiger partial charge in [-0.1, -0.05) is 30.3 Å². The summed E-state index contributed by atoms with van der Waals surface area (Å²) in [6.45, 7) is 7.47. The fourth-order valence-electron chi connectivity index (χ4n) is 2.43. The Morgan fingerprint density at radius 2 is 1.85 bits per heavy atom. The molecule has 2 amide bonds. The average molecular weight is 374 g/mol. The van der Waals surface area contributed by atoms with Crippen LogP contribution in [0, 0.1) is 0 Å². The third-order valence-corrected chi connectivity index (χ3v) is 4.93. The number of rotatable bonds is 6. The van der Waals surface area contributed by atoms with Crippen molar-refractivity contribution < 1.29 is 9.59 Å². The molecular formula is C20H27N3O2S. The lowest BCUT2D eigenvalue weighted by Crippen LogP contribution is -2.51. The van der Waals surface area contributed by atoms with Gasteiger partial charge >= 0.3 is 0 Å². The van der Waals surface area contributed by atoms with E-state index in [9.17, 15) is 9.59 Å². The molecule has 1 aromatic carbocycles. The Bertz CT molecular complexity index is 750. The first-order valence-electron chi connectivity index (χ1n) is 8.75. The van der Waals surface area contributed by atoms with Crippen LogP contribution in [0.3, 0.4) is 0 Å². The van der Waals surface area contributed by atoms with Gasteiger partial charge in [0.2, 0.25) is 5.91 Å². The molecule has 6 heteroatoms. The van der Waals surface area contributed by atoms with E-state index in [1.165, 1.54) is 21.8 Å². The van der Waals surface area contributed by atoms with Crippen LogP contribution in [-0.2, 0) is 17.6 Å². The lowest BCUT2D eigenvalue weighted by atomic mass is 10.1. The van der Waals surface area contributed by atoms with Gasteiger partial charge in [-0.3, -0.25) is 9.59 Å². The number of hydrogen-bond acceptors (Lipinski definition) is 4. The standard InChI is InChI=1S/C20H27N3O2S/c1-14(18(24)22-20(2,3)4)23(5)19(25)16-13-26-17(21-16)12-11-15-9-7-6-8-10-15/h6-10,13-14H,11-12H2,1-5H3,(H,22,24). The van der Waals surface area contributed by atoms with Crippen molar-refractivity contribution in [3.05, 3.63) is 52.0 Å². The summed E-state index contributed by atoms with van der Waals surface area (Å²) in [4.78, 5) is 30.8. The number of aryl methyl sites for hydroxylation is 2. The molecule has 2 aromatic rings. The number of likely N-dealkylation sites (N-methyl/N-ethyl adjacent to an activating group) is 1. The maximum absolute atomic E-state index is 12.6. The Labute approximate surface area is 159 Å². The molecular weight excluding hydrogens is 346 g/mol. The molecule has 5 nitrogen and oxygen atoms in total. The molecule has 1 aromatic heterocycles. The molecule has 26 heavy (non-hydrogen) atoms. The molecule has 140 valence electrons. The van der Waals surface area contributed by atoms with Crippen molar-refractivity contribution in [2.45, 2.75) is 52.1 Å². The number of carbonyl (C=O) groups is 2. The molecule has 0 radical (unpaired) electrons. The molecule has 0 aliphatic heterocycles. The number of carbonyl (C=O) groups excluding carboxylic acids is 2. The predicted molar refractivity (Wildman–Crippen MR) is 105 cm³/mol. The maximum Gasteiger partial charge on any atom is 0.273 e. The number of thiazole rings is 1. The van der Waals surface area contributed by atoms with E-state index in [1.807, 2.05) is 39.0 Å². The van der Waals surface area contributed by atoms with Crippen molar-refractivity contribution in [3.8, 4) is 0 Å². The van der Waals surface area contributed by atoms with E-state index in [4.69, 9.17) is 0 Å². The first kappa shape index (κ1) is 20.1. The van der Waals surface area contributed by atoms with Crippen molar-refractivity contribution in [3.63, 3.8) is 0 Å². The van der Waals surface area contributed by atoms with Crippen LogP contribution < -0.4 is 5.32 Å². The van der Waals surface area contributed by atoms with Crippen LogP contribution in [0.2, 0.25) is 0 Å². The van der Waals surface area contributed by atoms with Crippen LogP contribution in [0.25, 0.3) is 0 Å². The minimum Gasteiger partial charge on any atom is -0.350 e. The van der Waals surface area contributed by atoms with Crippen molar-refractivity contribution in [1.29, 1.82) is 0 Å². The second-order valence-electron chi connectivity index (χ2n) is 7.44. The normalized spacial score (nSPS) is 12.5. The van der Waals surface area contributed by atoms with Crippen LogP contribution in [-0.4, -0.2) is 40.3 Å². The summed E-state index contributed by atoms with van der Waals surface area (Å²) in [6.07, 6.45) is 1.69. The summed E-state index contributed by atoms with van der Waals surface area (Å²) < 4.78 is 0. The number of benzene rings is 1. The van der Waals surface area contributed by atoms with Gasteiger partial charge in [0.15, 0.2) is 0 Å². The molecule has 0 aliphatic carbocycles. The van der Waals surface area contributed by atoms with E-state index >= 15 is 0 Å². The summed E-state index contributed by atoms with van der Waals surface area (Å²) in [5.74, 6) is -0.406. The Kier molecular flexibility index (Phi) is 6.53. The first-order valence-corrected chi connectivity index (χ1v) is 9.63. The van der Waals surface area contributed by atoms with Gasteiger partial charge in [0.1, 0.15) is 11.7 Å². The molecule has 2 rings (SSSR count). The van der Waals surface area contributed by atoms with Crippen molar-refractivity contribution in [2.75, 3.05) is 7.05 Å². The first-order chi connectivity index (χ1) is 12.2. The summed E-state index contributed by atoms with van der Waals surface area (Å²) >= 11 is 1.49. The van der Waals surface area contributed by atoms with Crippen LogP contribution in [0.1, 0.15) is 48.8 Å². The van der Waals surface area contributed by atoms with Gasteiger partial charge in [-0.05, 0) is 39.7 Å². The third-order valence-electron chi connectivity index (χ3n) is 4.02. The maximum atomic E-state index is 12.6. The highest BCUT2D eigenvalue weighted by Gasteiger charge is 2.27. The highest BCUT2D eigenvalue weighted by Crippen LogP contribution is 2.15. The van der Waals surface area contributed by atoms with E-state index in [-0.39, 0.29) is 17.4 Å². The van der Waals surface area contributed by atoms with Gasteiger partial charge in [0, 0.05) is 24.4 Å². The molecule has 0 bridgehead atoms. The Hall–Kier alpha value is -2.21. The second kappa shape index (κ2) is 8.45. The zero-order chi connectivity index (χ0) is 19.3. The minimum atomic E-state index is -0.559. The number of hydrogen-bond donors (Lipinski definition) is 1. The second-order valence-corrected chi connectivity index (χ2v) is 8.39. The number of nitrogens with one attached hydrogen (secondary N) is 1. The average Bonchev–Trinajstić information content (AvgIpc) is 3.06. The molecule has 0 saturated carbocycles. The Balaban J connectivity index is 1.96. The van der Waals surface area contributed by atoms with Crippen molar-refractivity contribution >= 4 is 23.2 Å². The molecule has 1 N–H and O–H groups in total. The fraction of sp³-hybridized carbons (Fsp3) is 0.450. The van der Waals surface area contributed by atoms with Gasteiger partial charge in [-0.15, -0.1) is 11.3 Å². The van der Waals surface area contributed by atoms with E-state index in [0.717, 1.165) is 17.8 Å². The largest absolute Gasteiger partial charge is 0.350 e. The van der Waals surface area contributed by atoms with Crippen LogP contribution in [0.4, 0.5) is 0 Å². The summed E-state index contributed by atoms with van der Waals surface area (Å²) in [6, 6.07) is 9.65.